The van der Waals surface area contributed by atoms with E-state index in [1.165, 1.54) is 11.1 Å². The smallest absolute Gasteiger partial charge is 0.251 e. The second kappa shape index (κ2) is 12.0. The van der Waals surface area contributed by atoms with Crippen molar-refractivity contribution in [2.45, 2.75) is 45.6 Å². The van der Waals surface area contributed by atoms with Gasteiger partial charge < -0.3 is 20.4 Å². The van der Waals surface area contributed by atoms with Gasteiger partial charge in [-0.25, -0.2) is 4.98 Å². The molecule has 1 amide bonds. The molecule has 1 aromatic carbocycles. The van der Waals surface area contributed by atoms with Gasteiger partial charge in [-0.15, -0.1) is 0 Å². The molecule has 212 valence electrons. The van der Waals surface area contributed by atoms with Crippen molar-refractivity contribution < 1.29 is 4.79 Å². The molecule has 3 aliphatic heterocycles. The number of allylic oxidation sites excluding steroid dienone is 1. The second-order valence-corrected chi connectivity index (χ2v) is 11.6. The fourth-order valence-corrected chi connectivity index (χ4v) is 6.03. The molecule has 2 aromatic heterocycles. The minimum Gasteiger partial charge on any atom is -0.339 e. The van der Waals surface area contributed by atoms with Crippen LogP contribution in [0.1, 0.15) is 42.9 Å². The molecular weight excluding hydrogens is 536 g/mol. The van der Waals surface area contributed by atoms with Crippen LogP contribution < -0.4 is 10.6 Å². The molecular formula is C31H35ClN8O. The zero-order chi connectivity index (χ0) is 28.3. The number of hydrogen-bond acceptors (Lipinski definition) is 8. The molecule has 0 saturated carbocycles. The maximum absolute atomic E-state index is 12.9. The molecule has 6 rings (SSSR count). The number of anilines is 4. The van der Waals surface area contributed by atoms with E-state index in [0.717, 1.165) is 80.1 Å². The summed E-state index contributed by atoms with van der Waals surface area (Å²) in [7, 11) is 2.20. The Hall–Kier alpha value is -3.82. The summed E-state index contributed by atoms with van der Waals surface area (Å²) < 4.78 is 0. The minimum atomic E-state index is 0.163. The van der Waals surface area contributed by atoms with Crippen molar-refractivity contribution in [3.05, 3.63) is 75.8 Å². The summed E-state index contributed by atoms with van der Waals surface area (Å²) >= 11 is 6.43. The number of carbonyl (C=O) groups is 1. The predicted molar refractivity (Wildman–Crippen MR) is 163 cm³/mol. The number of nitrogens with one attached hydrogen (secondary N) is 2. The SMILES string of the molecule is CC1=C(C(=O)N2CCC(CN(C)Cc3ccc4cc3CCc3cncc(c3)Nc3ncc(Cl)c(n3)N4)CC2)CC=N1. The maximum atomic E-state index is 12.9. The van der Waals surface area contributed by atoms with Crippen LogP contribution in [0.3, 0.4) is 0 Å². The predicted octanol–water partition coefficient (Wildman–Crippen LogP) is 5.53. The largest absolute Gasteiger partial charge is 0.339 e. The molecule has 0 atom stereocenters. The number of nitrogens with zero attached hydrogens (tertiary/aromatic N) is 6. The van der Waals surface area contributed by atoms with Crippen LogP contribution in [-0.2, 0) is 24.2 Å². The van der Waals surface area contributed by atoms with Gasteiger partial charge in [0.1, 0.15) is 5.02 Å². The molecule has 3 aromatic rings. The maximum Gasteiger partial charge on any atom is 0.251 e. The average Bonchev–Trinajstić information content (AvgIpc) is 3.40. The second-order valence-electron chi connectivity index (χ2n) is 11.2. The Morgan fingerprint density at radius 2 is 1.95 bits per heavy atom. The summed E-state index contributed by atoms with van der Waals surface area (Å²) in [4.78, 5) is 35.0. The zero-order valence-corrected chi connectivity index (χ0v) is 24.3. The van der Waals surface area contributed by atoms with Gasteiger partial charge in [-0.2, -0.15) is 4.98 Å². The van der Waals surface area contributed by atoms with Crippen LogP contribution in [0.15, 0.2) is 59.1 Å². The lowest BCUT2D eigenvalue weighted by Crippen LogP contribution is -2.41. The van der Waals surface area contributed by atoms with Crippen LogP contribution in [0.2, 0.25) is 5.02 Å². The van der Waals surface area contributed by atoms with E-state index in [9.17, 15) is 4.79 Å². The Morgan fingerprint density at radius 3 is 2.76 bits per heavy atom. The van der Waals surface area contributed by atoms with Crippen molar-refractivity contribution in [1.29, 1.82) is 0 Å². The Bertz CT molecular complexity index is 1510. The van der Waals surface area contributed by atoms with E-state index in [1.807, 2.05) is 24.2 Å². The molecule has 2 N–H and O–H groups in total. The van der Waals surface area contributed by atoms with Gasteiger partial charge in [0.05, 0.1) is 18.1 Å². The van der Waals surface area contributed by atoms with Crippen LogP contribution in [-0.4, -0.2) is 63.6 Å². The summed E-state index contributed by atoms with van der Waals surface area (Å²) in [6.07, 6.45) is 11.6. The van der Waals surface area contributed by atoms with E-state index in [0.29, 0.717) is 29.1 Å². The van der Waals surface area contributed by atoms with Gasteiger partial charge in [-0.1, -0.05) is 17.7 Å². The normalized spacial score (nSPS) is 17.0. The molecule has 41 heavy (non-hydrogen) atoms. The number of rotatable bonds is 5. The number of amides is 1. The Kier molecular flexibility index (Phi) is 7.98. The molecule has 0 unspecified atom stereocenters. The molecule has 1 saturated heterocycles. The molecule has 5 heterocycles. The van der Waals surface area contributed by atoms with E-state index in [4.69, 9.17) is 11.6 Å². The van der Waals surface area contributed by atoms with Crippen LogP contribution in [0.4, 0.5) is 23.1 Å². The highest BCUT2D eigenvalue weighted by Crippen LogP contribution is 2.29. The van der Waals surface area contributed by atoms with Crippen molar-refractivity contribution in [3.63, 3.8) is 0 Å². The van der Waals surface area contributed by atoms with Crippen LogP contribution in [0.25, 0.3) is 0 Å². The Balaban J connectivity index is 1.14. The number of halogens is 1. The van der Waals surface area contributed by atoms with Crippen molar-refractivity contribution in [2.75, 3.05) is 37.3 Å². The molecule has 9 nitrogen and oxygen atoms in total. The van der Waals surface area contributed by atoms with Crippen molar-refractivity contribution in [3.8, 4) is 0 Å². The van der Waals surface area contributed by atoms with Gasteiger partial charge in [0.25, 0.3) is 5.91 Å². The first-order valence-electron chi connectivity index (χ1n) is 14.2. The fourth-order valence-electron chi connectivity index (χ4n) is 5.89. The first kappa shape index (κ1) is 27.4. The third kappa shape index (κ3) is 6.41. The molecule has 3 aliphatic rings. The van der Waals surface area contributed by atoms with Gasteiger partial charge in [0.15, 0.2) is 5.82 Å². The van der Waals surface area contributed by atoms with Gasteiger partial charge in [0, 0.05) is 62.0 Å². The monoisotopic (exact) mass is 570 g/mol. The Morgan fingerprint density at radius 1 is 1.10 bits per heavy atom. The van der Waals surface area contributed by atoms with E-state index >= 15 is 0 Å². The highest BCUT2D eigenvalue weighted by Gasteiger charge is 2.27. The number of aliphatic imine (C=N–C) groups is 1. The quantitative estimate of drug-likeness (QED) is 0.416. The van der Waals surface area contributed by atoms with Gasteiger partial charge in [-0.3, -0.25) is 14.8 Å². The lowest BCUT2D eigenvalue weighted by Gasteiger charge is -2.34. The molecule has 10 heteroatoms. The highest BCUT2D eigenvalue weighted by molar-refractivity contribution is 6.32. The number of benzene rings is 1. The zero-order valence-electron chi connectivity index (χ0n) is 23.5. The number of aromatic nitrogens is 3. The first-order chi connectivity index (χ1) is 19.9. The van der Waals surface area contributed by atoms with Crippen molar-refractivity contribution in [1.82, 2.24) is 24.8 Å². The summed E-state index contributed by atoms with van der Waals surface area (Å²) in [6.45, 7) is 5.42. The Labute approximate surface area is 245 Å². The van der Waals surface area contributed by atoms with Gasteiger partial charge in [0.2, 0.25) is 5.95 Å². The summed E-state index contributed by atoms with van der Waals surface area (Å²) in [6, 6.07) is 8.60. The average molecular weight is 571 g/mol. The number of likely N-dealkylation sites (tertiary alicyclic amines) is 1. The first-order valence-corrected chi connectivity index (χ1v) is 14.6. The fraction of sp³-hybridized carbons (Fsp3) is 0.387. The van der Waals surface area contributed by atoms with Crippen LogP contribution in [0, 0.1) is 5.92 Å². The van der Waals surface area contributed by atoms with E-state index in [-0.39, 0.29) is 5.91 Å². The summed E-state index contributed by atoms with van der Waals surface area (Å²) in [5, 5.41) is 7.08. The van der Waals surface area contributed by atoms with Crippen LogP contribution in [0.5, 0.6) is 0 Å². The molecule has 6 bridgehead atoms. The number of fused-ring (bicyclic) bond motifs is 6. The minimum absolute atomic E-state index is 0.163. The lowest BCUT2D eigenvalue weighted by molar-refractivity contribution is -0.128. The summed E-state index contributed by atoms with van der Waals surface area (Å²) in [5.41, 5.74) is 7.25. The third-order valence-corrected chi connectivity index (χ3v) is 8.41. The number of piperidine rings is 1. The van der Waals surface area contributed by atoms with Crippen molar-refractivity contribution >= 4 is 46.9 Å². The van der Waals surface area contributed by atoms with Crippen molar-refractivity contribution in [2.24, 2.45) is 10.9 Å². The molecule has 1 fully saturated rings. The molecule has 0 aliphatic carbocycles. The molecule has 0 spiro atoms. The van der Waals surface area contributed by atoms with Gasteiger partial charge in [-0.05, 0) is 80.5 Å². The van der Waals surface area contributed by atoms with Crippen LogP contribution >= 0.6 is 11.6 Å². The van der Waals surface area contributed by atoms with E-state index < -0.39 is 0 Å². The number of pyridine rings is 1. The summed E-state index contributed by atoms with van der Waals surface area (Å²) in [5.74, 6) is 1.75. The lowest BCUT2D eigenvalue weighted by atomic mass is 9.94. The highest BCUT2D eigenvalue weighted by atomic mass is 35.5. The number of hydrogen-bond donors (Lipinski definition) is 2. The molecule has 0 radical (unpaired) electrons. The number of carbonyl (C=O) groups excluding carboxylic acids is 1. The van der Waals surface area contributed by atoms with E-state index in [1.54, 1.807) is 12.4 Å². The van der Waals surface area contributed by atoms with Gasteiger partial charge >= 0.3 is 0 Å². The third-order valence-electron chi connectivity index (χ3n) is 8.13. The number of aryl methyl sites for hydroxylation is 2. The standard InChI is InChI=1S/C31H35ClN8O/c1-20-27(7-10-34-20)30(41)40-11-8-21(9-12-40)18-39(2)19-24-5-6-25-14-23(24)4-3-22-13-26(16-33-15-22)37-31-35-17-28(32)29(36-25)38-31/h5-6,10,13-17,21H,3-4,7-9,11-12,18-19H2,1-2H3,(H2,35,36,37,38). The topological polar surface area (TPSA) is 98.6 Å². The van der Waals surface area contributed by atoms with E-state index in [2.05, 4.69) is 66.8 Å².